The lowest BCUT2D eigenvalue weighted by molar-refractivity contribution is -0.144. The van der Waals surface area contributed by atoms with Crippen molar-refractivity contribution in [2.45, 2.75) is 12.5 Å². The first-order valence-electron chi connectivity index (χ1n) is 6.89. The smallest absolute Gasteiger partial charge is 0.250 e. The standard InChI is InChI=1S/C16H16N2O3/c19-14-11-18(9-8-13-7-4-10-21-13)16(20)15(17-14)12-5-2-1-3-6-12/h1-7,10,15H,8-9,11H2,(H,17,19). The maximum Gasteiger partial charge on any atom is 0.250 e. The molecule has 1 atom stereocenters. The van der Waals surface area contributed by atoms with Crippen molar-refractivity contribution in [3.63, 3.8) is 0 Å². The van der Waals surface area contributed by atoms with Crippen LogP contribution in [-0.2, 0) is 16.0 Å². The quantitative estimate of drug-likeness (QED) is 0.926. The Hall–Kier alpha value is -2.56. The third kappa shape index (κ3) is 2.97. The molecule has 2 aromatic rings. The van der Waals surface area contributed by atoms with Gasteiger partial charge in [0.05, 0.1) is 12.8 Å². The van der Waals surface area contributed by atoms with Crippen LogP contribution >= 0.6 is 0 Å². The molecule has 1 saturated heterocycles. The van der Waals surface area contributed by atoms with Crippen LogP contribution in [0.25, 0.3) is 0 Å². The number of furan rings is 1. The molecule has 21 heavy (non-hydrogen) atoms. The van der Waals surface area contributed by atoms with Crippen molar-refractivity contribution in [3.8, 4) is 0 Å². The molecule has 0 spiro atoms. The van der Waals surface area contributed by atoms with Crippen molar-refractivity contribution in [2.24, 2.45) is 0 Å². The Morgan fingerprint density at radius 3 is 2.67 bits per heavy atom. The first-order valence-corrected chi connectivity index (χ1v) is 6.89. The van der Waals surface area contributed by atoms with E-state index < -0.39 is 6.04 Å². The molecule has 108 valence electrons. The van der Waals surface area contributed by atoms with E-state index in [2.05, 4.69) is 5.32 Å². The molecule has 0 radical (unpaired) electrons. The van der Waals surface area contributed by atoms with Crippen LogP contribution in [0.1, 0.15) is 17.4 Å². The average molecular weight is 284 g/mol. The molecule has 1 unspecified atom stereocenters. The van der Waals surface area contributed by atoms with E-state index in [-0.39, 0.29) is 18.4 Å². The van der Waals surface area contributed by atoms with Gasteiger partial charge in [-0.1, -0.05) is 30.3 Å². The molecule has 0 aliphatic carbocycles. The van der Waals surface area contributed by atoms with Crippen LogP contribution in [0.15, 0.2) is 53.1 Å². The Bertz CT molecular complexity index is 622. The second-order valence-electron chi connectivity index (χ2n) is 5.00. The topological polar surface area (TPSA) is 62.6 Å². The fourth-order valence-corrected chi connectivity index (χ4v) is 2.46. The van der Waals surface area contributed by atoms with Gasteiger partial charge in [-0.15, -0.1) is 0 Å². The van der Waals surface area contributed by atoms with Gasteiger partial charge in [-0.2, -0.15) is 0 Å². The number of carbonyl (C=O) groups is 2. The lowest BCUT2D eigenvalue weighted by Gasteiger charge is -2.32. The highest BCUT2D eigenvalue weighted by molar-refractivity contribution is 5.95. The molecule has 2 amide bonds. The number of benzene rings is 1. The van der Waals surface area contributed by atoms with E-state index in [1.165, 1.54) is 0 Å². The molecule has 5 nitrogen and oxygen atoms in total. The van der Waals surface area contributed by atoms with Crippen molar-refractivity contribution in [1.29, 1.82) is 0 Å². The number of nitrogens with zero attached hydrogens (tertiary/aromatic N) is 1. The fourth-order valence-electron chi connectivity index (χ4n) is 2.46. The summed E-state index contributed by atoms with van der Waals surface area (Å²) in [4.78, 5) is 25.9. The highest BCUT2D eigenvalue weighted by Gasteiger charge is 2.33. The molecule has 1 fully saturated rings. The van der Waals surface area contributed by atoms with Crippen molar-refractivity contribution >= 4 is 11.8 Å². The van der Waals surface area contributed by atoms with Gasteiger partial charge in [0, 0.05) is 13.0 Å². The molecule has 1 aromatic heterocycles. The molecule has 2 heterocycles. The van der Waals surface area contributed by atoms with Gasteiger partial charge in [0.25, 0.3) is 0 Å². The normalized spacial score (nSPS) is 18.7. The van der Waals surface area contributed by atoms with Gasteiger partial charge in [-0.3, -0.25) is 9.59 Å². The van der Waals surface area contributed by atoms with E-state index in [1.54, 1.807) is 11.2 Å². The molecule has 1 N–H and O–H groups in total. The number of piperazine rings is 1. The molecule has 1 aliphatic rings. The number of amides is 2. The largest absolute Gasteiger partial charge is 0.469 e. The number of nitrogens with one attached hydrogen (secondary N) is 1. The predicted octanol–water partition coefficient (Wildman–Crippen LogP) is 1.52. The van der Waals surface area contributed by atoms with Crippen LogP contribution in [-0.4, -0.2) is 29.8 Å². The summed E-state index contributed by atoms with van der Waals surface area (Å²) in [6, 6.07) is 12.4. The van der Waals surface area contributed by atoms with Gasteiger partial charge in [0.1, 0.15) is 11.8 Å². The van der Waals surface area contributed by atoms with Gasteiger partial charge in [0.15, 0.2) is 0 Å². The minimum Gasteiger partial charge on any atom is -0.469 e. The summed E-state index contributed by atoms with van der Waals surface area (Å²) >= 11 is 0. The lowest BCUT2D eigenvalue weighted by atomic mass is 10.0. The first-order chi connectivity index (χ1) is 10.2. The molecule has 0 bridgehead atoms. The number of hydrogen-bond donors (Lipinski definition) is 1. The Kier molecular flexibility index (Phi) is 3.73. The third-order valence-electron chi connectivity index (χ3n) is 3.54. The zero-order chi connectivity index (χ0) is 14.7. The van der Waals surface area contributed by atoms with E-state index in [0.29, 0.717) is 13.0 Å². The van der Waals surface area contributed by atoms with Crippen molar-refractivity contribution < 1.29 is 14.0 Å². The van der Waals surface area contributed by atoms with Crippen molar-refractivity contribution in [3.05, 3.63) is 60.1 Å². The van der Waals surface area contributed by atoms with E-state index in [9.17, 15) is 9.59 Å². The highest BCUT2D eigenvalue weighted by Crippen LogP contribution is 2.19. The fraction of sp³-hybridized carbons (Fsp3) is 0.250. The number of hydrogen-bond acceptors (Lipinski definition) is 3. The van der Waals surface area contributed by atoms with E-state index in [1.807, 2.05) is 42.5 Å². The zero-order valence-corrected chi connectivity index (χ0v) is 11.5. The summed E-state index contributed by atoms with van der Waals surface area (Å²) in [5.74, 6) is 0.597. The van der Waals surface area contributed by atoms with Gasteiger partial charge in [0.2, 0.25) is 11.8 Å². The Balaban J connectivity index is 1.72. The van der Waals surface area contributed by atoms with Crippen LogP contribution in [0.3, 0.4) is 0 Å². The maximum atomic E-state index is 12.5. The molecule has 3 rings (SSSR count). The first kappa shape index (κ1) is 13.4. The van der Waals surface area contributed by atoms with Crippen LogP contribution in [0.5, 0.6) is 0 Å². The Morgan fingerprint density at radius 1 is 1.14 bits per heavy atom. The second kappa shape index (κ2) is 5.83. The highest BCUT2D eigenvalue weighted by atomic mass is 16.3. The van der Waals surface area contributed by atoms with Crippen LogP contribution in [0.4, 0.5) is 0 Å². The van der Waals surface area contributed by atoms with Crippen LogP contribution < -0.4 is 5.32 Å². The molecule has 5 heteroatoms. The SMILES string of the molecule is O=C1CN(CCc2ccco2)C(=O)C(c2ccccc2)N1. The summed E-state index contributed by atoms with van der Waals surface area (Å²) in [6.45, 7) is 0.575. The van der Waals surface area contributed by atoms with Crippen LogP contribution in [0, 0.1) is 0 Å². The Labute approximate surface area is 122 Å². The van der Waals surface area contributed by atoms with Gasteiger partial charge >= 0.3 is 0 Å². The van der Waals surface area contributed by atoms with Gasteiger partial charge < -0.3 is 14.6 Å². The van der Waals surface area contributed by atoms with Gasteiger partial charge in [-0.25, -0.2) is 0 Å². The maximum absolute atomic E-state index is 12.5. The molecule has 1 aromatic carbocycles. The average Bonchev–Trinajstić information content (AvgIpc) is 3.02. The molecular formula is C16H16N2O3. The van der Waals surface area contributed by atoms with E-state index in [0.717, 1.165) is 11.3 Å². The molecule has 1 aliphatic heterocycles. The summed E-state index contributed by atoms with van der Waals surface area (Å²) in [5, 5.41) is 2.75. The van der Waals surface area contributed by atoms with Crippen molar-refractivity contribution in [1.82, 2.24) is 10.2 Å². The predicted molar refractivity (Wildman–Crippen MR) is 76.3 cm³/mol. The molecular weight excluding hydrogens is 268 g/mol. The molecule has 0 saturated carbocycles. The summed E-state index contributed by atoms with van der Waals surface area (Å²) in [6.07, 6.45) is 2.21. The number of rotatable bonds is 4. The zero-order valence-electron chi connectivity index (χ0n) is 11.5. The minimum atomic E-state index is -0.593. The summed E-state index contributed by atoms with van der Waals surface area (Å²) in [5.41, 5.74) is 0.804. The third-order valence-corrected chi connectivity index (χ3v) is 3.54. The monoisotopic (exact) mass is 284 g/mol. The number of carbonyl (C=O) groups excluding carboxylic acids is 2. The summed E-state index contributed by atoms with van der Waals surface area (Å²) in [7, 11) is 0. The minimum absolute atomic E-state index is 0.0765. The van der Waals surface area contributed by atoms with Crippen molar-refractivity contribution in [2.75, 3.05) is 13.1 Å². The Morgan fingerprint density at radius 2 is 1.95 bits per heavy atom. The van der Waals surface area contributed by atoms with Crippen LogP contribution in [0.2, 0.25) is 0 Å². The second-order valence-corrected chi connectivity index (χ2v) is 5.00. The van der Waals surface area contributed by atoms with E-state index in [4.69, 9.17) is 4.42 Å². The summed E-state index contributed by atoms with van der Waals surface area (Å²) < 4.78 is 5.26. The van der Waals surface area contributed by atoms with E-state index >= 15 is 0 Å². The lowest BCUT2D eigenvalue weighted by Crippen LogP contribution is -2.53. The van der Waals surface area contributed by atoms with Gasteiger partial charge in [-0.05, 0) is 17.7 Å².